The Morgan fingerprint density at radius 2 is 1.81 bits per heavy atom. The highest BCUT2D eigenvalue weighted by Gasteiger charge is 2.50. The zero-order valence-corrected chi connectivity index (χ0v) is 22.1. The number of alkyl halides is 3. The highest BCUT2D eigenvalue weighted by atomic mass is 19.3. The second kappa shape index (κ2) is 10.4. The monoisotopic (exact) mass is 527 g/mol. The number of rotatable bonds is 6. The van der Waals surface area contributed by atoms with E-state index in [0.29, 0.717) is 63.0 Å². The van der Waals surface area contributed by atoms with Crippen LogP contribution in [0.5, 0.6) is 0 Å². The van der Waals surface area contributed by atoms with E-state index in [2.05, 4.69) is 34.2 Å². The van der Waals surface area contributed by atoms with Crippen LogP contribution in [-0.2, 0) is 10.2 Å². The van der Waals surface area contributed by atoms with Crippen molar-refractivity contribution in [3.8, 4) is 0 Å². The van der Waals surface area contributed by atoms with Crippen molar-refractivity contribution >= 4 is 6.03 Å². The van der Waals surface area contributed by atoms with Gasteiger partial charge in [0.25, 0.3) is 5.92 Å². The van der Waals surface area contributed by atoms with Crippen LogP contribution in [0.1, 0.15) is 89.8 Å². The largest absolute Gasteiger partial charge is 0.373 e. The Labute approximate surface area is 216 Å². The summed E-state index contributed by atoms with van der Waals surface area (Å²) in [6.45, 7) is 8.88. The Morgan fingerprint density at radius 3 is 2.43 bits per heavy atom. The number of ether oxygens (including phenoxy) is 1. The average molecular weight is 528 g/mol. The first-order valence-corrected chi connectivity index (χ1v) is 13.9. The molecule has 2 aliphatic heterocycles. The molecule has 1 aromatic rings. The lowest BCUT2D eigenvalue weighted by Crippen LogP contribution is -2.61. The van der Waals surface area contributed by atoms with Crippen LogP contribution in [0.4, 0.5) is 18.0 Å². The smallest absolute Gasteiger partial charge is 0.317 e. The van der Waals surface area contributed by atoms with Gasteiger partial charge in [-0.3, -0.25) is 0 Å². The van der Waals surface area contributed by atoms with Gasteiger partial charge in [0.1, 0.15) is 12.2 Å². The molecule has 1 N–H and O–H groups in total. The quantitative estimate of drug-likeness (QED) is 0.590. The minimum atomic E-state index is -3.01. The molecule has 4 atom stereocenters. The zero-order valence-electron chi connectivity index (χ0n) is 22.1. The molecule has 0 unspecified atom stereocenters. The molecule has 3 heterocycles. The number of nitrogens with zero attached hydrogens (tertiary/aromatic N) is 4. The summed E-state index contributed by atoms with van der Waals surface area (Å²) in [4.78, 5) is 21.5. The van der Waals surface area contributed by atoms with Gasteiger partial charge in [-0.15, -0.1) is 0 Å². The molecule has 208 valence electrons. The average Bonchev–Trinajstić information content (AvgIpc) is 3.37. The van der Waals surface area contributed by atoms with Crippen LogP contribution in [0.25, 0.3) is 0 Å². The number of halogens is 3. The first kappa shape index (κ1) is 26.7. The molecule has 0 radical (unpaired) electrons. The molecule has 0 bridgehead atoms. The molecule has 11 heteroatoms. The molecule has 1 aromatic heterocycles. The molecule has 37 heavy (non-hydrogen) atoms. The number of nitrogens with one attached hydrogen (secondary N) is 1. The Kier molecular flexibility index (Phi) is 7.48. The summed E-state index contributed by atoms with van der Waals surface area (Å²) in [5, 5.41) is 6.73. The molecule has 0 spiro atoms. The van der Waals surface area contributed by atoms with Gasteiger partial charge in [-0.1, -0.05) is 12.1 Å². The summed E-state index contributed by atoms with van der Waals surface area (Å²) >= 11 is 0. The van der Waals surface area contributed by atoms with Gasteiger partial charge in [0.2, 0.25) is 5.89 Å². The molecule has 8 nitrogen and oxygen atoms in total. The van der Waals surface area contributed by atoms with E-state index in [1.165, 1.54) is 0 Å². The number of carbonyl (C=O) groups excluding carboxylic acids is 1. The molecular formula is C26H40F3N5O3. The summed E-state index contributed by atoms with van der Waals surface area (Å²) in [6, 6.07) is -1.36. The van der Waals surface area contributed by atoms with Gasteiger partial charge in [0.05, 0.1) is 18.1 Å². The summed E-state index contributed by atoms with van der Waals surface area (Å²) in [7, 11) is 0. The Bertz CT molecular complexity index is 944. The lowest BCUT2D eigenvalue weighted by molar-refractivity contribution is -0.147. The van der Waals surface area contributed by atoms with E-state index in [9.17, 15) is 9.18 Å². The maximum Gasteiger partial charge on any atom is 0.317 e. The number of amides is 2. The number of hydrogen-bond acceptors (Lipinski definition) is 6. The molecule has 2 saturated carbocycles. The standard InChI is InChI=1S/C26H40F3N5O3/c1-16(2)33-11-6-17(7-12-33)36-20-5-4-8-26(28,29)21(20)30-24(35)34-13-9-25(3,10-14-34)23-31-22(37-32-23)18-15-19(18)27/h16-21H,4-15H2,1-3H3,(H,30,35)/t18-,19+,20+,21-/m1/s1. The third-order valence-electron chi connectivity index (χ3n) is 8.84. The fraction of sp³-hybridized carbons (Fsp3) is 0.885. The third-order valence-corrected chi connectivity index (χ3v) is 8.84. The van der Waals surface area contributed by atoms with Crippen molar-refractivity contribution in [1.29, 1.82) is 0 Å². The van der Waals surface area contributed by atoms with Gasteiger partial charge >= 0.3 is 6.03 Å². The number of aromatic nitrogens is 2. The highest BCUT2D eigenvalue weighted by molar-refractivity contribution is 5.75. The molecular weight excluding hydrogens is 487 g/mol. The SMILES string of the molecule is CC(C)N1CCC(O[C@H]2CCCC(F)(F)[C@@H]2NC(=O)N2CCC(C)(c3noc([C@@H]4C[C@@H]4F)n3)CC2)CC1. The van der Waals surface area contributed by atoms with Crippen molar-refractivity contribution in [3.05, 3.63) is 11.7 Å². The van der Waals surface area contributed by atoms with Gasteiger partial charge in [-0.25, -0.2) is 18.0 Å². The number of urea groups is 1. The van der Waals surface area contributed by atoms with E-state index < -0.39 is 35.7 Å². The predicted molar refractivity (Wildman–Crippen MR) is 130 cm³/mol. The van der Waals surface area contributed by atoms with Crippen LogP contribution in [0.3, 0.4) is 0 Å². The fourth-order valence-electron chi connectivity index (χ4n) is 5.96. The van der Waals surface area contributed by atoms with E-state index in [0.717, 1.165) is 25.9 Å². The number of hydrogen-bond donors (Lipinski definition) is 1. The molecule has 4 fully saturated rings. The maximum absolute atomic E-state index is 15.0. The zero-order chi connectivity index (χ0) is 26.4. The summed E-state index contributed by atoms with van der Waals surface area (Å²) in [6.07, 6.45) is 2.17. The van der Waals surface area contributed by atoms with Crippen LogP contribution in [-0.4, -0.2) is 88.5 Å². The Balaban J connectivity index is 1.17. The first-order chi connectivity index (χ1) is 17.6. The highest BCUT2D eigenvalue weighted by Crippen LogP contribution is 2.44. The van der Waals surface area contributed by atoms with Crippen LogP contribution in [0, 0.1) is 0 Å². The number of piperidine rings is 2. The second-order valence-electron chi connectivity index (χ2n) is 11.9. The van der Waals surface area contributed by atoms with Crippen molar-refractivity contribution in [3.63, 3.8) is 0 Å². The van der Waals surface area contributed by atoms with E-state index >= 15 is 8.78 Å². The van der Waals surface area contributed by atoms with Crippen LogP contribution < -0.4 is 5.32 Å². The minimum Gasteiger partial charge on any atom is -0.373 e. The van der Waals surface area contributed by atoms with Crippen molar-refractivity contribution in [1.82, 2.24) is 25.3 Å². The molecule has 5 rings (SSSR count). The van der Waals surface area contributed by atoms with E-state index in [4.69, 9.17) is 9.26 Å². The normalized spacial score (nSPS) is 32.5. The Hall–Kier alpha value is -1.88. The summed E-state index contributed by atoms with van der Waals surface area (Å²) in [5.41, 5.74) is -0.412. The van der Waals surface area contributed by atoms with Gasteiger partial charge in [-0.05, 0) is 58.8 Å². The van der Waals surface area contributed by atoms with Crippen molar-refractivity contribution in [2.75, 3.05) is 26.2 Å². The molecule has 4 aliphatic rings. The maximum atomic E-state index is 15.0. The first-order valence-electron chi connectivity index (χ1n) is 13.9. The van der Waals surface area contributed by atoms with Gasteiger partial charge < -0.3 is 24.4 Å². The minimum absolute atomic E-state index is 0.0628. The molecule has 2 amide bonds. The van der Waals surface area contributed by atoms with Crippen LogP contribution in [0.15, 0.2) is 4.52 Å². The predicted octanol–water partition coefficient (Wildman–Crippen LogP) is 4.40. The van der Waals surface area contributed by atoms with Crippen LogP contribution >= 0.6 is 0 Å². The van der Waals surface area contributed by atoms with E-state index in [-0.39, 0.29) is 18.4 Å². The number of likely N-dealkylation sites (tertiary alicyclic amines) is 2. The number of carbonyl (C=O) groups is 1. The van der Waals surface area contributed by atoms with Crippen molar-refractivity contribution < 1.29 is 27.2 Å². The van der Waals surface area contributed by atoms with Crippen molar-refractivity contribution in [2.24, 2.45) is 0 Å². The summed E-state index contributed by atoms with van der Waals surface area (Å²) < 4.78 is 54.9. The van der Waals surface area contributed by atoms with E-state index in [1.807, 2.05) is 6.92 Å². The summed E-state index contributed by atoms with van der Waals surface area (Å²) in [5.74, 6) is -2.45. The van der Waals surface area contributed by atoms with Crippen molar-refractivity contribution in [2.45, 2.75) is 120 Å². The lowest BCUT2D eigenvalue weighted by Gasteiger charge is -2.43. The van der Waals surface area contributed by atoms with Gasteiger partial charge in [0.15, 0.2) is 5.82 Å². The lowest BCUT2D eigenvalue weighted by atomic mass is 9.79. The van der Waals surface area contributed by atoms with Gasteiger partial charge in [0, 0.05) is 44.1 Å². The molecule has 2 saturated heterocycles. The molecule has 0 aromatic carbocycles. The Morgan fingerprint density at radius 1 is 1.14 bits per heavy atom. The fourth-order valence-corrected chi connectivity index (χ4v) is 5.96. The molecule has 2 aliphatic carbocycles. The van der Waals surface area contributed by atoms with Gasteiger partial charge in [-0.2, -0.15) is 4.98 Å². The second-order valence-corrected chi connectivity index (χ2v) is 11.9. The third kappa shape index (κ3) is 5.77. The topological polar surface area (TPSA) is 83.7 Å². The van der Waals surface area contributed by atoms with Crippen LogP contribution in [0.2, 0.25) is 0 Å². The van der Waals surface area contributed by atoms with E-state index in [1.54, 1.807) is 4.90 Å².